The number of ether oxygens (including phenoxy) is 28. The lowest BCUT2D eigenvalue weighted by Gasteiger charge is -2.18. The maximum atomic E-state index is 12.1. The molecule has 35 nitrogen and oxygen atoms in total. The van der Waals surface area contributed by atoms with Crippen molar-refractivity contribution in [3.63, 3.8) is 0 Å². The Morgan fingerprint density at radius 1 is 0.309 bits per heavy atom. The molecule has 0 saturated heterocycles. The van der Waals surface area contributed by atoms with Crippen molar-refractivity contribution in [2.75, 3.05) is 376 Å². The van der Waals surface area contributed by atoms with Gasteiger partial charge in [0, 0.05) is 44.4 Å². The molecule has 0 aromatic carbocycles. The molecule has 2 rings (SSSR count). The molecular formula is C75H139N3O32. The highest BCUT2D eigenvalue weighted by Gasteiger charge is 2.27. The number of nitrogens with zero attached hydrogens (tertiary/aromatic N) is 1. The zero-order valence-electron chi connectivity index (χ0n) is 66.3. The molecule has 4 amide bonds. The Labute approximate surface area is 653 Å². The number of hydrogen-bond donors (Lipinski definition) is 2. The normalized spacial score (nSPS) is 14.2. The first-order chi connectivity index (χ1) is 54.5. The van der Waals surface area contributed by atoms with Crippen LogP contribution in [0.5, 0.6) is 0 Å². The van der Waals surface area contributed by atoms with Crippen LogP contribution in [-0.4, -0.2) is 411 Å². The summed E-state index contributed by atoms with van der Waals surface area (Å²) in [5.74, 6) is -0.636. The number of amides is 4. The lowest BCUT2D eigenvalue weighted by Crippen LogP contribution is -2.34. The molecule has 1 atom stereocenters. The summed E-state index contributed by atoms with van der Waals surface area (Å²) >= 11 is 0. The van der Waals surface area contributed by atoms with Gasteiger partial charge < -0.3 is 143 Å². The van der Waals surface area contributed by atoms with Crippen molar-refractivity contribution < 1.29 is 152 Å². The average molecular weight is 1590 g/mol. The highest BCUT2D eigenvalue weighted by atomic mass is 16.6. The molecule has 1 heterocycles. The van der Waals surface area contributed by atoms with Crippen LogP contribution in [0.15, 0.2) is 23.8 Å². The van der Waals surface area contributed by atoms with E-state index in [0.29, 0.717) is 382 Å². The highest BCUT2D eigenvalue weighted by Crippen LogP contribution is 2.16. The molecule has 0 aromatic rings. The van der Waals surface area contributed by atoms with Crippen molar-refractivity contribution >= 4 is 23.8 Å². The topological polar surface area (TPSA) is 354 Å². The third-order valence-corrected chi connectivity index (χ3v) is 14.9. The summed E-state index contributed by atoms with van der Waals surface area (Å²) in [6.45, 7) is 27.5. The van der Waals surface area contributed by atoms with Gasteiger partial charge in [-0.1, -0.05) is 12.2 Å². The Balaban J connectivity index is 1.09. The number of rotatable bonds is 90. The van der Waals surface area contributed by atoms with Crippen LogP contribution < -0.4 is 10.6 Å². The molecule has 2 N–H and O–H groups in total. The fourth-order valence-electron chi connectivity index (χ4n) is 9.16. The maximum Gasteiger partial charge on any atom is 0.407 e. The van der Waals surface area contributed by atoms with Crippen LogP contribution in [0, 0.1) is 0 Å². The SMILES string of the molecule is CC1=CC(=O)N(CCOCCOCCOCCOCCOCCOCCOCCOCCOCCOCCOCCOCCOCCOCCOCCOCCOCCOCCOCCOCCOCCOCCOCCOCCC(=O)NCCCOCCOCCOCCCNC(=O)OC2CC/C=C\CCC2)C1=O. The lowest BCUT2D eigenvalue weighted by atomic mass is 10.0. The van der Waals surface area contributed by atoms with Crippen molar-refractivity contribution in [3.05, 3.63) is 23.8 Å². The second-order valence-electron chi connectivity index (χ2n) is 23.9. The minimum Gasteiger partial charge on any atom is -0.446 e. The predicted octanol–water partition coefficient (Wildman–Crippen LogP) is 2.65. The third-order valence-electron chi connectivity index (χ3n) is 14.9. The van der Waals surface area contributed by atoms with Crippen molar-refractivity contribution in [2.45, 2.75) is 64.4 Å². The van der Waals surface area contributed by atoms with Gasteiger partial charge in [0.25, 0.3) is 11.8 Å². The van der Waals surface area contributed by atoms with E-state index in [2.05, 4.69) is 22.8 Å². The Bertz CT molecular complexity index is 2050. The van der Waals surface area contributed by atoms with Crippen LogP contribution in [0.4, 0.5) is 4.79 Å². The van der Waals surface area contributed by atoms with Crippen LogP contribution in [0.1, 0.15) is 58.3 Å². The smallest absolute Gasteiger partial charge is 0.407 e. The van der Waals surface area contributed by atoms with Gasteiger partial charge in [0.15, 0.2) is 0 Å². The average Bonchev–Trinajstić information content (AvgIpc) is 1.71. The molecule has 0 aromatic heterocycles. The Morgan fingerprint density at radius 3 is 0.809 bits per heavy atom. The molecular weight excluding hydrogens is 1450 g/mol. The van der Waals surface area contributed by atoms with Gasteiger partial charge in [0.2, 0.25) is 5.91 Å². The largest absolute Gasteiger partial charge is 0.446 e. The van der Waals surface area contributed by atoms with E-state index in [1.807, 2.05) is 0 Å². The van der Waals surface area contributed by atoms with E-state index in [1.165, 1.54) is 11.0 Å². The van der Waals surface area contributed by atoms with Crippen LogP contribution >= 0.6 is 0 Å². The molecule has 2 aliphatic rings. The molecule has 110 heavy (non-hydrogen) atoms. The van der Waals surface area contributed by atoms with E-state index >= 15 is 0 Å². The quantitative estimate of drug-likeness (QED) is 0.0502. The van der Waals surface area contributed by atoms with Crippen LogP contribution in [0.25, 0.3) is 0 Å². The van der Waals surface area contributed by atoms with Gasteiger partial charge in [-0.05, 0) is 51.9 Å². The molecule has 0 spiro atoms. The van der Waals surface area contributed by atoms with Crippen LogP contribution in [0.3, 0.4) is 0 Å². The number of imide groups is 1. The molecule has 646 valence electrons. The van der Waals surface area contributed by atoms with Gasteiger partial charge in [-0.3, -0.25) is 19.3 Å². The minimum atomic E-state index is -0.355. The van der Waals surface area contributed by atoms with E-state index in [9.17, 15) is 19.2 Å². The van der Waals surface area contributed by atoms with Crippen molar-refractivity contribution in [2.24, 2.45) is 0 Å². The summed E-state index contributed by atoms with van der Waals surface area (Å²) in [4.78, 5) is 48.7. The van der Waals surface area contributed by atoms with Gasteiger partial charge in [0.1, 0.15) is 6.10 Å². The summed E-state index contributed by atoms with van der Waals surface area (Å²) in [5.41, 5.74) is 0.445. The third kappa shape index (κ3) is 75.6. The van der Waals surface area contributed by atoms with Crippen molar-refractivity contribution in [1.29, 1.82) is 0 Å². The summed E-state index contributed by atoms with van der Waals surface area (Å²) in [5, 5.41) is 5.67. The summed E-state index contributed by atoms with van der Waals surface area (Å²) in [6.07, 6.45) is 11.8. The minimum absolute atomic E-state index is 0.00919. The molecule has 1 unspecified atom stereocenters. The van der Waals surface area contributed by atoms with Gasteiger partial charge >= 0.3 is 6.09 Å². The van der Waals surface area contributed by atoms with Gasteiger partial charge in [-0.15, -0.1) is 0 Å². The van der Waals surface area contributed by atoms with Gasteiger partial charge in [-0.2, -0.15) is 0 Å². The van der Waals surface area contributed by atoms with Crippen LogP contribution in [-0.2, 0) is 147 Å². The zero-order chi connectivity index (χ0) is 78.3. The van der Waals surface area contributed by atoms with Crippen molar-refractivity contribution in [3.8, 4) is 0 Å². The fourth-order valence-corrected chi connectivity index (χ4v) is 9.16. The molecule has 0 fully saturated rings. The summed E-state index contributed by atoms with van der Waals surface area (Å²) in [6, 6.07) is 0. The first kappa shape index (κ1) is 102. The first-order valence-electron chi connectivity index (χ1n) is 39.5. The molecule has 0 bridgehead atoms. The molecule has 35 heteroatoms. The lowest BCUT2D eigenvalue weighted by molar-refractivity contribution is -0.138. The standard InChI is InChI=1S/C75H139N3O32/c1-70-69-73(80)78(74(70)81)14-18-86-22-26-89-28-30-91-32-34-93-36-38-95-40-42-97-44-46-99-48-50-101-52-54-103-56-58-105-60-62-107-64-66-109-68-67-108-65-63-106-61-59-104-57-55-102-53-51-100-49-47-98-45-43-96-41-39-94-37-35-92-33-31-90-29-27-88-25-21-85-17-11-72(79)76-12-7-15-83-19-23-87-24-20-84-16-8-13-77-75(82)110-71-9-5-3-2-4-6-10-71/h2-3,69,71H,4-68H2,1H3,(H,76,79)(H,77,82)/b3-2-. The Kier molecular flexibility index (Phi) is 80.2. The fraction of sp³-hybridized carbons (Fsp3) is 0.893. The molecule has 0 saturated carbocycles. The van der Waals surface area contributed by atoms with Gasteiger partial charge in [0.05, 0.1) is 350 Å². The number of nitrogens with one attached hydrogen (secondary N) is 2. The van der Waals surface area contributed by atoms with E-state index in [1.54, 1.807) is 6.92 Å². The van der Waals surface area contributed by atoms with E-state index in [-0.39, 0.29) is 49.5 Å². The number of hydrogen-bond acceptors (Lipinski definition) is 32. The number of carbonyl (C=O) groups excluding carboxylic acids is 4. The Morgan fingerprint density at radius 2 is 0.545 bits per heavy atom. The zero-order valence-corrected chi connectivity index (χ0v) is 66.3. The highest BCUT2D eigenvalue weighted by molar-refractivity contribution is 6.15. The second-order valence-corrected chi connectivity index (χ2v) is 23.9. The first-order valence-corrected chi connectivity index (χ1v) is 39.5. The van der Waals surface area contributed by atoms with E-state index in [4.69, 9.17) is 133 Å². The Hall–Kier alpha value is -3.72. The van der Waals surface area contributed by atoms with E-state index < -0.39 is 0 Å². The monoisotopic (exact) mass is 1590 g/mol. The molecule has 0 radical (unpaired) electrons. The predicted molar refractivity (Wildman–Crippen MR) is 400 cm³/mol. The summed E-state index contributed by atoms with van der Waals surface area (Å²) in [7, 11) is 0. The summed E-state index contributed by atoms with van der Waals surface area (Å²) < 4.78 is 155. The number of carbonyl (C=O) groups is 4. The number of alkyl carbamates (subject to hydrolysis) is 1. The molecule has 1 aliphatic carbocycles. The maximum absolute atomic E-state index is 12.1. The van der Waals surface area contributed by atoms with Crippen LogP contribution in [0.2, 0.25) is 0 Å². The number of allylic oxidation sites excluding steroid dienone is 2. The van der Waals surface area contributed by atoms with Crippen molar-refractivity contribution in [1.82, 2.24) is 15.5 Å². The second kappa shape index (κ2) is 86.1. The molecule has 1 aliphatic heterocycles. The van der Waals surface area contributed by atoms with Gasteiger partial charge in [-0.25, -0.2) is 4.79 Å². The van der Waals surface area contributed by atoms with E-state index in [0.717, 1.165) is 32.1 Å².